The molecule has 1 saturated carbocycles. The van der Waals surface area contributed by atoms with Crippen LogP contribution in [-0.2, 0) is 14.3 Å². The van der Waals surface area contributed by atoms with E-state index in [0.717, 1.165) is 0 Å². The number of imidazole rings is 1. The lowest BCUT2D eigenvalue weighted by Crippen LogP contribution is -2.26. The van der Waals surface area contributed by atoms with Crippen LogP contribution in [0.2, 0.25) is 0 Å². The highest BCUT2D eigenvalue weighted by molar-refractivity contribution is 6.53. The smallest absolute Gasteiger partial charge is 0.323 e. The van der Waals surface area contributed by atoms with Gasteiger partial charge in [-0.25, -0.2) is 4.79 Å². The Kier molecular flexibility index (Phi) is 3.65. The fourth-order valence-electron chi connectivity index (χ4n) is 2.22. The van der Waals surface area contributed by atoms with Crippen molar-refractivity contribution in [1.82, 2.24) is 9.97 Å². The number of carbonyl (C=O) groups excluding carboxylic acids is 2. The van der Waals surface area contributed by atoms with Crippen molar-refractivity contribution in [3.05, 3.63) is 28.7 Å². The van der Waals surface area contributed by atoms with Gasteiger partial charge in [0.1, 0.15) is 9.75 Å². The van der Waals surface area contributed by atoms with Gasteiger partial charge in [0.15, 0.2) is 6.61 Å². The molecule has 1 aromatic heterocycles. The quantitative estimate of drug-likeness (QED) is 0.574. The zero-order valence-corrected chi connectivity index (χ0v) is 13.5. The van der Waals surface area contributed by atoms with Crippen LogP contribution in [0.4, 0.5) is 5.69 Å². The first kappa shape index (κ1) is 15.9. The molecule has 1 aromatic carbocycles. The molecule has 1 aliphatic rings. The molecular formula is C14H13Cl2N3O4. The van der Waals surface area contributed by atoms with Gasteiger partial charge in [-0.05, 0) is 25.1 Å². The fourth-order valence-corrected chi connectivity index (χ4v) is 2.91. The molecule has 0 bridgehead atoms. The Hall–Kier alpha value is -1.99. The molecule has 1 amide bonds. The van der Waals surface area contributed by atoms with Crippen molar-refractivity contribution in [2.75, 3.05) is 11.9 Å². The summed E-state index contributed by atoms with van der Waals surface area (Å²) in [6.45, 7) is 1.14. The average Bonchev–Trinajstić information content (AvgIpc) is 2.80. The van der Waals surface area contributed by atoms with E-state index in [4.69, 9.17) is 27.9 Å². The molecule has 7 nitrogen and oxygen atoms in total. The third-order valence-corrected chi connectivity index (χ3v) is 4.94. The third kappa shape index (κ3) is 2.94. The van der Waals surface area contributed by atoms with Crippen molar-refractivity contribution in [2.24, 2.45) is 5.41 Å². The van der Waals surface area contributed by atoms with Crippen molar-refractivity contribution in [1.29, 1.82) is 0 Å². The number of H-pyrrole nitrogens is 2. The van der Waals surface area contributed by atoms with E-state index in [9.17, 15) is 14.4 Å². The summed E-state index contributed by atoms with van der Waals surface area (Å²) in [4.78, 5) is 40.0. The molecule has 0 saturated heterocycles. The summed E-state index contributed by atoms with van der Waals surface area (Å²) in [5.74, 6) is -1.11. The van der Waals surface area contributed by atoms with Crippen molar-refractivity contribution >= 4 is 51.8 Å². The number of aromatic amines is 2. The van der Waals surface area contributed by atoms with Crippen LogP contribution in [0.15, 0.2) is 23.0 Å². The average molecular weight is 358 g/mol. The van der Waals surface area contributed by atoms with Gasteiger partial charge in [-0.15, -0.1) is 23.2 Å². The number of amides is 1. The number of ether oxygens (including phenoxy) is 1. The second-order valence-electron chi connectivity index (χ2n) is 5.68. The van der Waals surface area contributed by atoms with Crippen molar-refractivity contribution in [3.8, 4) is 0 Å². The van der Waals surface area contributed by atoms with E-state index in [1.165, 1.54) is 0 Å². The number of anilines is 1. The molecule has 23 heavy (non-hydrogen) atoms. The Morgan fingerprint density at radius 2 is 1.96 bits per heavy atom. The van der Waals surface area contributed by atoms with Crippen LogP contribution in [-0.4, -0.2) is 32.8 Å². The minimum Gasteiger partial charge on any atom is -0.455 e. The first-order valence-electron chi connectivity index (χ1n) is 6.78. The molecule has 3 rings (SSSR count). The molecule has 0 radical (unpaired) electrons. The normalized spacial score (nSPS) is 21.9. The van der Waals surface area contributed by atoms with E-state index in [2.05, 4.69) is 15.3 Å². The number of halogens is 2. The van der Waals surface area contributed by atoms with E-state index in [1.807, 2.05) is 0 Å². The minimum atomic E-state index is -1.13. The highest BCUT2D eigenvalue weighted by atomic mass is 35.5. The van der Waals surface area contributed by atoms with Gasteiger partial charge < -0.3 is 20.0 Å². The van der Waals surface area contributed by atoms with E-state index >= 15 is 0 Å². The second-order valence-corrected chi connectivity index (χ2v) is 7.16. The minimum absolute atomic E-state index is 0.293. The molecule has 0 aliphatic heterocycles. The van der Waals surface area contributed by atoms with Gasteiger partial charge in [0.25, 0.3) is 5.91 Å². The number of hydrogen-bond donors (Lipinski definition) is 3. The van der Waals surface area contributed by atoms with E-state index in [0.29, 0.717) is 23.1 Å². The summed E-state index contributed by atoms with van der Waals surface area (Å²) in [6, 6.07) is 4.86. The summed E-state index contributed by atoms with van der Waals surface area (Å²) < 4.78 is 3.81. The molecule has 1 aliphatic carbocycles. The lowest BCUT2D eigenvalue weighted by Gasteiger charge is -2.11. The number of hydrogen-bond acceptors (Lipinski definition) is 4. The Labute approximate surface area is 140 Å². The van der Waals surface area contributed by atoms with E-state index < -0.39 is 28.2 Å². The van der Waals surface area contributed by atoms with Crippen LogP contribution >= 0.6 is 23.2 Å². The van der Waals surface area contributed by atoms with Crippen LogP contribution in [0.1, 0.15) is 13.3 Å². The molecule has 1 atom stereocenters. The summed E-state index contributed by atoms with van der Waals surface area (Å²) >= 11 is 11.8. The van der Waals surface area contributed by atoms with Crippen LogP contribution in [0.25, 0.3) is 11.0 Å². The molecule has 1 heterocycles. The van der Waals surface area contributed by atoms with Crippen LogP contribution in [0.3, 0.4) is 0 Å². The summed E-state index contributed by atoms with van der Waals surface area (Å²) in [5, 5.41) is 2.57. The van der Waals surface area contributed by atoms with Crippen LogP contribution in [0.5, 0.6) is 0 Å². The lowest BCUT2D eigenvalue weighted by atomic mass is 10.1. The van der Waals surface area contributed by atoms with Crippen molar-refractivity contribution < 1.29 is 14.3 Å². The first-order valence-corrected chi connectivity index (χ1v) is 7.54. The Morgan fingerprint density at radius 3 is 2.61 bits per heavy atom. The van der Waals surface area contributed by atoms with E-state index in [1.54, 1.807) is 25.1 Å². The molecular weight excluding hydrogens is 345 g/mol. The number of rotatable bonds is 4. The zero-order valence-electron chi connectivity index (χ0n) is 12.0. The van der Waals surface area contributed by atoms with Crippen LogP contribution in [0, 0.1) is 5.41 Å². The fraction of sp³-hybridized carbons (Fsp3) is 0.357. The van der Waals surface area contributed by atoms with Crippen molar-refractivity contribution in [2.45, 2.75) is 17.7 Å². The number of carbonyl (C=O) groups is 2. The van der Waals surface area contributed by atoms with Crippen molar-refractivity contribution in [3.63, 3.8) is 0 Å². The Bertz CT molecular complexity index is 857. The SMILES string of the molecule is CC1(C(=O)OCC(=O)Nc2ccc3[nH]c(=O)[nH]c3c2)CC1(Cl)Cl. The predicted molar refractivity (Wildman–Crippen MR) is 85.7 cm³/mol. The van der Waals surface area contributed by atoms with Gasteiger partial charge in [0.2, 0.25) is 0 Å². The number of esters is 1. The predicted octanol–water partition coefficient (Wildman–Crippen LogP) is 1.92. The summed E-state index contributed by atoms with van der Waals surface area (Å²) in [7, 11) is 0. The van der Waals surface area contributed by atoms with Gasteiger partial charge in [-0.1, -0.05) is 0 Å². The standard InChI is InChI=1S/C14H13Cl2N3O4/c1-13(6-14(13,15)16)11(21)23-5-10(20)17-7-2-3-8-9(4-7)19-12(22)18-8/h2-4H,5-6H2,1H3,(H,17,20)(H2,18,19,22). The van der Waals surface area contributed by atoms with E-state index in [-0.39, 0.29) is 5.69 Å². The largest absolute Gasteiger partial charge is 0.455 e. The maximum Gasteiger partial charge on any atom is 0.323 e. The number of benzene rings is 1. The van der Waals surface area contributed by atoms with Gasteiger partial charge in [0, 0.05) is 12.1 Å². The maximum atomic E-state index is 11.9. The van der Waals surface area contributed by atoms with Crippen LogP contribution < -0.4 is 11.0 Å². The zero-order chi connectivity index (χ0) is 16.8. The third-order valence-electron chi connectivity index (χ3n) is 3.84. The number of fused-ring (bicyclic) bond motifs is 1. The molecule has 9 heteroatoms. The summed E-state index contributed by atoms with van der Waals surface area (Å²) in [6.07, 6.45) is 0.293. The van der Waals surface area contributed by atoms with Gasteiger partial charge in [0.05, 0.1) is 11.0 Å². The molecule has 1 unspecified atom stereocenters. The molecule has 2 aromatic rings. The highest BCUT2D eigenvalue weighted by Crippen LogP contribution is 2.64. The summed E-state index contributed by atoms with van der Waals surface area (Å²) in [5.41, 5.74) is 0.349. The van der Waals surface area contributed by atoms with Gasteiger partial charge >= 0.3 is 11.7 Å². The Morgan fingerprint density at radius 1 is 1.30 bits per heavy atom. The molecule has 3 N–H and O–H groups in total. The maximum absolute atomic E-state index is 11.9. The van der Waals surface area contributed by atoms with Gasteiger partial charge in [-0.3, -0.25) is 9.59 Å². The topological polar surface area (TPSA) is 104 Å². The molecule has 0 spiro atoms. The number of nitrogens with one attached hydrogen (secondary N) is 3. The molecule has 122 valence electrons. The first-order chi connectivity index (χ1) is 10.7. The second kappa shape index (κ2) is 5.28. The highest BCUT2D eigenvalue weighted by Gasteiger charge is 2.69. The number of aromatic nitrogens is 2. The van der Waals surface area contributed by atoms with Gasteiger partial charge in [-0.2, -0.15) is 0 Å². The monoisotopic (exact) mass is 357 g/mol. The molecule has 1 fully saturated rings. The Balaban J connectivity index is 1.58. The lowest BCUT2D eigenvalue weighted by molar-refractivity contribution is -0.152. The number of alkyl halides is 2.